The lowest BCUT2D eigenvalue weighted by Crippen LogP contribution is -2.11. The van der Waals surface area contributed by atoms with E-state index in [1.54, 1.807) is 49.4 Å². The first-order chi connectivity index (χ1) is 14.6. The minimum Gasteiger partial charge on any atom is -0.326 e. The lowest BCUT2D eigenvalue weighted by atomic mass is 10.1. The van der Waals surface area contributed by atoms with Crippen molar-refractivity contribution >= 4 is 38.7 Å². The second-order valence-electron chi connectivity index (χ2n) is 7.22. The quantitative estimate of drug-likeness (QED) is 0.493. The number of rotatable bonds is 4. The van der Waals surface area contributed by atoms with Crippen LogP contribution in [0.3, 0.4) is 0 Å². The largest absolute Gasteiger partial charge is 0.326 e. The van der Waals surface area contributed by atoms with Crippen molar-refractivity contribution in [3.8, 4) is 22.5 Å². The first-order valence-electron chi connectivity index (χ1n) is 9.38. The summed E-state index contributed by atoms with van der Waals surface area (Å²) >= 11 is 5.99. The van der Waals surface area contributed by atoms with Crippen LogP contribution in [0.15, 0.2) is 59.5 Å². The molecule has 2 aromatic heterocycles. The smallest absolute Gasteiger partial charge is 0.221 e. The maximum absolute atomic E-state index is 12.7. The summed E-state index contributed by atoms with van der Waals surface area (Å²) in [5.74, 6) is -0.222. The maximum Gasteiger partial charge on any atom is 0.221 e. The second-order valence-corrected chi connectivity index (χ2v) is 9.60. The number of benzene rings is 2. The molecule has 7 nitrogen and oxygen atoms in total. The molecule has 0 fully saturated rings. The van der Waals surface area contributed by atoms with Crippen molar-refractivity contribution in [1.82, 2.24) is 14.6 Å². The van der Waals surface area contributed by atoms with Crippen molar-refractivity contribution < 1.29 is 13.2 Å². The zero-order chi connectivity index (χ0) is 22.3. The second kappa shape index (κ2) is 7.79. The molecular formula is C22H19ClN4O3S. The fraction of sp³-hybridized carbons (Fsp3) is 0.136. The number of anilines is 1. The van der Waals surface area contributed by atoms with Gasteiger partial charge in [-0.05, 0) is 31.2 Å². The average molecular weight is 455 g/mol. The Hall–Kier alpha value is -3.23. The van der Waals surface area contributed by atoms with Crippen LogP contribution in [0, 0.1) is 6.92 Å². The zero-order valence-corrected chi connectivity index (χ0v) is 18.6. The van der Waals surface area contributed by atoms with Gasteiger partial charge in [0, 0.05) is 41.1 Å². The molecule has 0 aliphatic heterocycles. The van der Waals surface area contributed by atoms with Crippen LogP contribution in [-0.4, -0.2) is 35.2 Å². The Morgan fingerprint density at radius 1 is 1.06 bits per heavy atom. The monoisotopic (exact) mass is 454 g/mol. The summed E-state index contributed by atoms with van der Waals surface area (Å²) in [7, 11) is -3.63. The molecule has 0 unspecified atom stereocenters. The Kier molecular flexibility index (Phi) is 5.28. The van der Waals surface area contributed by atoms with Crippen LogP contribution in [0.25, 0.3) is 28.2 Å². The molecule has 158 valence electrons. The molecule has 0 atom stereocenters. The summed E-state index contributed by atoms with van der Waals surface area (Å²) in [6.07, 6.45) is 1.15. The molecule has 0 saturated carbocycles. The number of halogens is 1. The standard InChI is InChI=1S/C22H19ClN4O3S/c1-13-22(31(3,29)30)21(16-5-4-6-18(11-16)25-14(2)28)27-20(24-13)12-19(26-27)15-7-9-17(23)10-8-15/h4-12H,1-3H3,(H,25,28). The fourth-order valence-electron chi connectivity index (χ4n) is 3.51. The topological polar surface area (TPSA) is 93.4 Å². The number of hydrogen-bond donors (Lipinski definition) is 1. The van der Waals surface area contributed by atoms with Crippen LogP contribution in [0.4, 0.5) is 5.69 Å². The van der Waals surface area contributed by atoms with E-state index in [9.17, 15) is 13.2 Å². The number of nitrogens with one attached hydrogen (secondary N) is 1. The first-order valence-corrected chi connectivity index (χ1v) is 11.6. The van der Waals surface area contributed by atoms with Gasteiger partial charge in [0.2, 0.25) is 5.91 Å². The van der Waals surface area contributed by atoms with Crippen LogP contribution >= 0.6 is 11.6 Å². The number of nitrogens with zero attached hydrogens (tertiary/aromatic N) is 3. The lowest BCUT2D eigenvalue weighted by molar-refractivity contribution is -0.114. The highest BCUT2D eigenvalue weighted by molar-refractivity contribution is 7.90. The molecule has 1 amide bonds. The summed E-state index contributed by atoms with van der Waals surface area (Å²) in [4.78, 5) is 16.1. The summed E-state index contributed by atoms with van der Waals surface area (Å²) in [6.45, 7) is 3.07. The van der Waals surface area contributed by atoms with Gasteiger partial charge in [-0.2, -0.15) is 5.10 Å². The van der Waals surface area contributed by atoms with Gasteiger partial charge in [-0.25, -0.2) is 17.9 Å². The highest BCUT2D eigenvalue weighted by Gasteiger charge is 2.24. The van der Waals surface area contributed by atoms with Gasteiger partial charge in [0.05, 0.1) is 17.1 Å². The maximum atomic E-state index is 12.7. The average Bonchev–Trinajstić information content (AvgIpc) is 3.09. The minimum atomic E-state index is -3.63. The van der Waals surface area contributed by atoms with E-state index >= 15 is 0 Å². The minimum absolute atomic E-state index is 0.0886. The molecule has 9 heteroatoms. The highest BCUT2D eigenvalue weighted by Crippen LogP contribution is 2.33. The Bertz CT molecular complexity index is 1430. The summed E-state index contributed by atoms with van der Waals surface area (Å²) in [5, 5.41) is 7.99. The molecule has 4 rings (SSSR count). The van der Waals surface area contributed by atoms with Crippen LogP contribution in [0.1, 0.15) is 12.6 Å². The highest BCUT2D eigenvalue weighted by atomic mass is 35.5. The van der Waals surface area contributed by atoms with Gasteiger partial charge < -0.3 is 5.32 Å². The molecule has 4 aromatic rings. The van der Waals surface area contributed by atoms with Crippen molar-refractivity contribution in [2.75, 3.05) is 11.6 Å². The van der Waals surface area contributed by atoms with E-state index in [0.717, 1.165) is 11.8 Å². The fourth-order valence-corrected chi connectivity index (χ4v) is 4.78. The predicted octanol–water partition coefficient (Wildman–Crippen LogP) is 4.39. The van der Waals surface area contributed by atoms with Crippen molar-refractivity contribution in [2.45, 2.75) is 18.7 Å². The molecule has 0 aliphatic carbocycles. The molecule has 2 heterocycles. The number of aryl methyl sites for hydroxylation is 1. The molecule has 0 radical (unpaired) electrons. The van der Waals surface area contributed by atoms with Crippen molar-refractivity contribution in [3.63, 3.8) is 0 Å². The normalized spacial score (nSPS) is 11.6. The van der Waals surface area contributed by atoms with E-state index in [0.29, 0.717) is 39.0 Å². The molecule has 31 heavy (non-hydrogen) atoms. The molecule has 1 N–H and O–H groups in total. The van der Waals surface area contributed by atoms with Gasteiger partial charge in [0.25, 0.3) is 0 Å². The van der Waals surface area contributed by atoms with E-state index in [2.05, 4.69) is 15.4 Å². The third kappa shape index (κ3) is 4.17. The molecule has 0 aliphatic rings. The molecule has 0 saturated heterocycles. The van der Waals surface area contributed by atoms with Gasteiger partial charge in [0.15, 0.2) is 15.5 Å². The van der Waals surface area contributed by atoms with Gasteiger partial charge >= 0.3 is 0 Å². The Morgan fingerprint density at radius 2 is 1.77 bits per heavy atom. The summed E-state index contributed by atoms with van der Waals surface area (Å²) < 4.78 is 26.9. The van der Waals surface area contributed by atoms with Gasteiger partial charge in [-0.3, -0.25) is 4.79 Å². The van der Waals surface area contributed by atoms with Crippen LogP contribution < -0.4 is 5.32 Å². The van der Waals surface area contributed by atoms with Crippen LogP contribution in [0.5, 0.6) is 0 Å². The Balaban J connectivity index is 2.03. The summed E-state index contributed by atoms with van der Waals surface area (Å²) in [5.41, 5.74) is 3.87. The van der Waals surface area contributed by atoms with E-state index in [1.807, 2.05) is 12.1 Å². The lowest BCUT2D eigenvalue weighted by Gasteiger charge is -2.14. The Labute approximate surface area is 184 Å². The predicted molar refractivity (Wildman–Crippen MR) is 121 cm³/mol. The van der Waals surface area contributed by atoms with E-state index < -0.39 is 9.84 Å². The summed E-state index contributed by atoms with van der Waals surface area (Å²) in [6, 6.07) is 16.0. The third-order valence-corrected chi connectivity index (χ3v) is 6.18. The van der Waals surface area contributed by atoms with Crippen LogP contribution in [-0.2, 0) is 14.6 Å². The number of fused-ring (bicyclic) bond motifs is 1. The van der Waals surface area contributed by atoms with Gasteiger partial charge in [-0.1, -0.05) is 35.9 Å². The molecule has 2 aromatic carbocycles. The number of carbonyl (C=O) groups excluding carboxylic acids is 1. The van der Waals surface area contributed by atoms with Gasteiger partial charge in [0.1, 0.15) is 4.90 Å². The van der Waals surface area contributed by atoms with Crippen molar-refractivity contribution in [1.29, 1.82) is 0 Å². The van der Waals surface area contributed by atoms with Crippen molar-refractivity contribution in [2.24, 2.45) is 0 Å². The van der Waals surface area contributed by atoms with Crippen molar-refractivity contribution in [3.05, 3.63) is 65.3 Å². The SMILES string of the molecule is CC(=O)Nc1cccc(-c2c(S(C)(=O)=O)c(C)nc3cc(-c4ccc(Cl)cc4)nn23)c1. The molecule has 0 spiro atoms. The van der Waals surface area contributed by atoms with E-state index in [-0.39, 0.29) is 10.8 Å². The third-order valence-electron chi connectivity index (χ3n) is 4.70. The number of hydrogen-bond acceptors (Lipinski definition) is 5. The van der Waals surface area contributed by atoms with E-state index in [4.69, 9.17) is 11.6 Å². The van der Waals surface area contributed by atoms with Crippen LogP contribution in [0.2, 0.25) is 5.02 Å². The van der Waals surface area contributed by atoms with E-state index in [1.165, 1.54) is 11.4 Å². The number of carbonyl (C=O) groups is 1. The number of amides is 1. The molecular weight excluding hydrogens is 436 g/mol. The molecule has 0 bridgehead atoms. The zero-order valence-electron chi connectivity index (χ0n) is 17.0. The first kappa shape index (κ1) is 21.0. The Morgan fingerprint density at radius 3 is 2.42 bits per heavy atom. The van der Waals surface area contributed by atoms with Gasteiger partial charge in [-0.15, -0.1) is 0 Å². The number of sulfone groups is 1. The number of aromatic nitrogens is 3.